The van der Waals surface area contributed by atoms with Gasteiger partial charge in [-0.2, -0.15) is 0 Å². The van der Waals surface area contributed by atoms with Crippen molar-refractivity contribution in [3.63, 3.8) is 0 Å². The maximum Gasteiger partial charge on any atom is 0.0236 e. The van der Waals surface area contributed by atoms with Crippen LogP contribution in [0.15, 0.2) is 0 Å². The first-order valence-electron chi connectivity index (χ1n) is 7.41. The normalized spacial score (nSPS) is 30.0. The summed E-state index contributed by atoms with van der Waals surface area (Å²) in [4.78, 5) is 5.43. The Morgan fingerprint density at radius 2 is 1.88 bits per heavy atom. The number of nitrogens with zero attached hydrogens (tertiary/aromatic N) is 2. The minimum atomic E-state index is 0.793. The summed E-state index contributed by atoms with van der Waals surface area (Å²) >= 11 is 0. The molecule has 1 N–H and O–H groups in total. The molecule has 0 aromatic heterocycles. The Morgan fingerprint density at radius 3 is 2.47 bits per heavy atom. The molecule has 2 unspecified atom stereocenters. The molecule has 2 rings (SSSR count). The predicted molar refractivity (Wildman–Crippen MR) is 73.3 cm³/mol. The molecule has 0 spiro atoms. The minimum absolute atomic E-state index is 0.793. The van der Waals surface area contributed by atoms with Gasteiger partial charge in [0.2, 0.25) is 0 Å². The molecule has 0 saturated carbocycles. The van der Waals surface area contributed by atoms with Crippen LogP contribution >= 0.6 is 0 Å². The van der Waals surface area contributed by atoms with Crippen LogP contribution in [0.5, 0.6) is 0 Å². The highest BCUT2D eigenvalue weighted by atomic mass is 15.3. The first-order chi connectivity index (χ1) is 8.22. The van der Waals surface area contributed by atoms with Crippen LogP contribution < -0.4 is 5.32 Å². The van der Waals surface area contributed by atoms with Crippen LogP contribution in [-0.2, 0) is 0 Å². The van der Waals surface area contributed by atoms with Gasteiger partial charge in [0, 0.05) is 51.4 Å². The number of hydrogen-bond donors (Lipinski definition) is 1. The van der Waals surface area contributed by atoms with E-state index in [1.165, 1.54) is 52.1 Å². The summed E-state index contributed by atoms with van der Waals surface area (Å²) in [6.07, 6.45) is 2.68. The number of piperazine rings is 1. The van der Waals surface area contributed by atoms with Crippen molar-refractivity contribution in [2.75, 3.05) is 39.3 Å². The Hall–Kier alpha value is -0.120. The molecule has 0 radical (unpaired) electrons. The zero-order valence-corrected chi connectivity index (χ0v) is 11.8. The van der Waals surface area contributed by atoms with Gasteiger partial charge in [-0.25, -0.2) is 0 Å². The highest BCUT2D eigenvalue weighted by molar-refractivity contribution is 4.89. The van der Waals surface area contributed by atoms with Crippen molar-refractivity contribution in [2.24, 2.45) is 5.92 Å². The van der Waals surface area contributed by atoms with Gasteiger partial charge in [-0.3, -0.25) is 9.80 Å². The van der Waals surface area contributed by atoms with E-state index in [-0.39, 0.29) is 0 Å². The number of likely N-dealkylation sites (tertiary alicyclic amines) is 1. The molecule has 3 nitrogen and oxygen atoms in total. The van der Waals surface area contributed by atoms with Gasteiger partial charge < -0.3 is 5.32 Å². The van der Waals surface area contributed by atoms with Crippen molar-refractivity contribution >= 4 is 0 Å². The summed E-state index contributed by atoms with van der Waals surface area (Å²) in [7, 11) is 0. The summed E-state index contributed by atoms with van der Waals surface area (Å²) in [5.74, 6) is 0.793. The van der Waals surface area contributed by atoms with Crippen LogP contribution in [0, 0.1) is 5.92 Å². The molecule has 2 atom stereocenters. The predicted octanol–water partition coefficient (Wildman–Crippen LogP) is 1.40. The molecule has 2 heterocycles. The van der Waals surface area contributed by atoms with E-state index in [0.717, 1.165) is 18.0 Å². The minimum Gasteiger partial charge on any atom is -0.314 e. The summed E-state index contributed by atoms with van der Waals surface area (Å²) < 4.78 is 0. The molecule has 0 aromatic carbocycles. The van der Waals surface area contributed by atoms with E-state index in [1.807, 2.05) is 0 Å². The van der Waals surface area contributed by atoms with Gasteiger partial charge in [-0.1, -0.05) is 20.8 Å². The molecule has 17 heavy (non-hydrogen) atoms. The zero-order chi connectivity index (χ0) is 12.3. The van der Waals surface area contributed by atoms with E-state index in [2.05, 4.69) is 35.9 Å². The second kappa shape index (κ2) is 6.17. The first-order valence-corrected chi connectivity index (χ1v) is 7.41. The van der Waals surface area contributed by atoms with Crippen LogP contribution in [0.1, 0.15) is 33.6 Å². The largest absolute Gasteiger partial charge is 0.314 e. The summed E-state index contributed by atoms with van der Waals surface area (Å²) in [5, 5.41) is 3.45. The van der Waals surface area contributed by atoms with E-state index in [9.17, 15) is 0 Å². The van der Waals surface area contributed by atoms with Gasteiger partial charge in [-0.15, -0.1) is 0 Å². The van der Waals surface area contributed by atoms with Crippen LogP contribution in [0.2, 0.25) is 0 Å². The van der Waals surface area contributed by atoms with Crippen molar-refractivity contribution in [3.05, 3.63) is 0 Å². The molecule has 2 aliphatic heterocycles. The van der Waals surface area contributed by atoms with Crippen molar-refractivity contribution in [2.45, 2.75) is 45.7 Å². The Morgan fingerprint density at radius 1 is 1.18 bits per heavy atom. The third kappa shape index (κ3) is 3.21. The average molecular weight is 239 g/mol. The average Bonchev–Trinajstić information content (AvgIpc) is 2.80. The summed E-state index contributed by atoms with van der Waals surface area (Å²) in [6.45, 7) is 14.5. The van der Waals surface area contributed by atoms with Crippen molar-refractivity contribution in [3.8, 4) is 0 Å². The first kappa shape index (κ1) is 13.3. The van der Waals surface area contributed by atoms with E-state index >= 15 is 0 Å². The molecule has 2 saturated heterocycles. The lowest BCUT2D eigenvalue weighted by atomic mass is 10.0. The number of hydrogen-bond acceptors (Lipinski definition) is 3. The lowest BCUT2D eigenvalue weighted by Gasteiger charge is -2.34. The lowest BCUT2D eigenvalue weighted by Crippen LogP contribution is -2.49. The van der Waals surface area contributed by atoms with E-state index < -0.39 is 0 Å². The van der Waals surface area contributed by atoms with Crippen molar-refractivity contribution in [1.82, 2.24) is 15.1 Å². The maximum absolute atomic E-state index is 3.45. The fourth-order valence-corrected chi connectivity index (χ4v) is 3.57. The molecule has 0 aliphatic carbocycles. The molecule has 3 heteroatoms. The van der Waals surface area contributed by atoms with Crippen LogP contribution in [0.25, 0.3) is 0 Å². The Labute approximate surface area is 107 Å². The SMILES string of the molecule is CCC(C(C)C)N1CCC(N2CCNCC2)C1. The molecule has 0 bridgehead atoms. The van der Waals surface area contributed by atoms with Gasteiger partial charge in [-0.05, 0) is 18.8 Å². The second-order valence-electron chi connectivity index (χ2n) is 5.94. The maximum atomic E-state index is 3.45. The van der Waals surface area contributed by atoms with E-state index in [4.69, 9.17) is 0 Å². The molecule has 2 fully saturated rings. The van der Waals surface area contributed by atoms with Crippen molar-refractivity contribution < 1.29 is 0 Å². The third-order valence-corrected chi connectivity index (χ3v) is 4.52. The monoisotopic (exact) mass is 239 g/mol. The van der Waals surface area contributed by atoms with Gasteiger partial charge in [0.05, 0.1) is 0 Å². The third-order valence-electron chi connectivity index (χ3n) is 4.52. The zero-order valence-electron chi connectivity index (χ0n) is 11.8. The number of nitrogens with one attached hydrogen (secondary N) is 1. The Bertz CT molecular complexity index is 224. The van der Waals surface area contributed by atoms with Gasteiger partial charge in [0.1, 0.15) is 0 Å². The number of rotatable bonds is 4. The van der Waals surface area contributed by atoms with Crippen LogP contribution in [0.4, 0.5) is 0 Å². The molecular formula is C14H29N3. The lowest BCUT2D eigenvalue weighted by molar-refractivity contribution is 0.142. The van der Waals surface area contributed by atoms with Crippen molar-refractivity contribution in [1.29, 1.82) is 0 Å². The van der Waals surface area contributed by atoms with Gasteiger partial charge >= 0.3 is 0 Å². The molecule has 0 amide bonds. The standard InChI is InChI=1S/C14H29N3/c1-4-14(12(2)3)17-8-5-13(11-17)16-9-6-15-7-10-16/h12-15H,4-11H2,1-3H3. The second-order valence-corrected chi connectivity index (χ2v) is 5.94. The fourth-order valence-electron chi connectivity index (χ4n) is 3.57. The van der Waals surface area contributed by atoms with Gasteiger partial charge in [0.25, 0.3) is 0 Å². The quantitative estimate of drug-likeness (QED) is 0.800. The van der Waals surface area contributed by atoms with E-state index in [0.29, 0.717) is 0 Å². The highest BCUT2D eigenvalue weighted by Gasteiger charge is 2.32. The topological polar surface area (TPSA) is 18.5 Å². The van der Waals surface area contributed by atoms with E-state index in [1.54, 1.807) is 0 Å². The molecule has 0 aromatic rings. The fraction of sp³-hybridized carbons (Fsp3) is 1.00. The molecular weight excluding hydrogens is 210 g/mol. The smallest absolute Gasteiger partial charge is 0.0236 e. The van der Waals surface area contributed by atoms with Crippen LogP contribution in [0.3, 0.4) is 0 Å². The Balaban J connectivity index is 1.85. The van der Waals surface area contributed by atoms with Crippen LogP contribution in [-0.4, -0.2) is 61.2 Å². The highest BCUT2D eigenvalue weighted by Crippen LogP contribution is 2.23. The van der Waals surface area contributed by atoms with Gasteiger partial charge in [0.15, 0.2) is 0 Å². The summed E-state index contributed by atoms with van der Waals surface area (Å²) in [6, 6.07) is 1.62. The Kier molecular flexibility index (Phi) is 4.83. The molecule has 2 aliphatic rings. The molecule has 100 valence electrons. The summed E-state index contributed by atoms with van der Waals surface area (Å²) in [5.41, 5.74) is 0.